The average molecular weight is 336 g/mol. The number of aromatic amines is 1. The fourth-order valence-electron chi connectivity index (χ4n) is 1.96. The van der Waals surface area contributed by atoms with Crippen LogP contribution < -0.4 is 5.32 Å². The van der Waals surface area contributed by atoms with Gasteiger partial charge in [0.05, 0.1) is 17.0 Å². The molecule has 7 nitrogen and oxygen atoms in total. The van der Waals surface area contributed by atoms with Crippen LogP contribution in [-0.4, -0.2) is 31.8 Å². The predicted molar refractivity (Wildman–Crippen MR) is 90.1 cm³/mol. The zero-order chi connectivity index (χ0) is 16.8. The van der Waals surface area contributed by atoms with Crippen LogP contribution in [0.5, 0.6) is 0 Å². The van der Waals surface area contributed by atoms with E-state index < -0.39 is 0 Å². The Bertz CT molecular complexity index is 887. The van der Waals surface area contributed by atoms with Crippen LogP contribution in [-0.2, 0) is 4.79 Å². The molecule has 1 amide bonds. The van der Waals surface area contributed by atoms with Crippen molar-refractivity contribution in [3.63, 3.8) is 0 Å². The SMILES string of the molecule is N#Cc1ccccc1NC(=O)CSc1n[nH]c(-c2ccncc2)n1. The van der Waals surface area contributed by atoms with Gasteiger partial charge in [0.2, 0.25) is 11.1 Å². The normalized spacial score (nSPS) is 10.1. The molecule has 0 bridgehead atoms. The lowest BCUT2D eigenvalue weighted by atomic mass is 10.2. The first kappa shape index (κ1) is 15.7. The third-order valence-corrected chi connectivity index (χ3v) is 3.92. The second-order valence-electron chi connectivity index (χ2n) is 4.70. The molecule has 118 valence electrons. The Hall–Kier alpha value is -3.18. The predicted octanol–water partition coefficient (Wildman–Crippen LogP) is 2.47. The second kappa shape index (κ2) is 7.39. The average Bonchev–Trinajstić information content (AvgIpc) is 3.10. The van der Waals surface area contributed by atoms with E-state index in [0.29, 0.717) is 22.2 Å². The molecule has 2 heterocycles. The minimum atomic E-state index is -0.224. The zero-order valence-electron chi connectivity index (χ0n) is 12.4. The van der Waals surface area contributed by atoms with Crippen molar-refractivity contribution in [2.75, 3.05) is 11.1 Å². The lowest BCUT2D eigenvalue weighted by molar-refractivity contribution is -0.113. The molecule has 2 N–H and O–H groups in total. The van der Waals surface area contributed by atoms with Crippen molar-refractivity contribution < 1.29 is 4.79 Å². The third-order valence-electron chi connectivity index (χ3n) is 3.07. The highest BCUT2D eigenvalue weighted by molar-refractivity contribution is 7.99. The number of hydrogen-bond donors (Lipinski definition) is 2. The summed E-state index contributed by atoms with van der Waals surface area (Å²) >= 11 is 1.21. The van der Waals surface area contributed by atoms with Gasteiger partial charge in [0, 0.05) is 18.0 Å². The number of nitrogens with one attached hydrogen (secondary N) is 2. The van der Waals surface area contributed by atoms with Gasteiger partial charge in [-0.15, -0.1) is 5.10 Å². The number of anilines is 1. The fourth-order valence-corrected chi connectivity index (χ4v) is 2.55. The van der Waals surface area contributed by atoms with E-state index in [2.05, 4.69) is 25.5 Å². The topological polar surface area (TPSA) is 107 Å². The number of pyridine rings is 1. The van der Waals surface area contributed by atoms with Crippen molar-refractivity contribution in [1.82, 2.24) is 20.2 Å². The molecular formula is C16H12N6OS. The molecule has 0 radical (unpaired) electrons. The highest BCUT2D eigenvalue weighted by Gasteiger charge is 2.10. The Labute approximate surface area is 142 Å². The number of rotatable bonds is 5. The molecule has 3 rings (SSSR count). The van der Waals surface area contributed by atoms with E-state index in [-0.39, 0.29) is 11.7 Å². The minimum Gasteiger partial charge on any atom is -0.324 e. The number of hydrogen-bond acceptors (Lipinski definition) is 6. The highest BCUT2D eigenvalue weighted by Crippen LogP contribution is 2.19. The fraction of sp³-hybridized carbons (Fsp3) is 0.0625. The quantitative estimate of drug-likeness (QED) is 0.693. The molecule has 0 aliphatic heterocycles. The summed E-state index contributed by atoms with van der Waals surface area (Å²) in [6.07, 6.45) is 3.34. The summed E-state index contributed by atoms with van der Waals surface area (Å²) in [4.78, 5) is 20.3. The summed E-state index contributed by atoms with van der Waals surface area (Å²) in [5, 5.41) is 19.1. The number of para-hydroxylation sites is 1. The summed E-state index contributed by atoms with van der Waals surface area (Å²) in [7, 11) is 0. The van der Waals surface area contributed by atoms with Crippen molar-refractivity contribution >= 4 is 23.4 Å². The molecule has 0 fully saturated rings. The van der Waals surface area contributed by atoms with E-state index >= 15 is 0 Å². The van der Waals surface area contributed by atoms with Crippen LogP contribution in [0.15, 0.2) is 53.9 Å². The maximum Gasteiger partial charge on any atom is 0.234 e. The molecule has 0 aliphatic rings. The first-order chi connectivity index (χ1) is 11.8. The maximum atomic E-state index is 12.0. The molecule has 0 unspecified atom stereocenters. The van der Waals surface area contributed by atoms with Gasteiger partial charge in [-0.2, -0.15) is 5.26 Å². The summed E-state index contributed by atoms with van der Waals surface area (Å²) in [6.45, 7) is 0. The van der Waals surface area contributed by atoms with Crippen molar-refractivity contribution in [3.05, 3.63) is 54.4 Å². The van der Waals surface area contributed by atoms with Crippen molar-refractivity contribution in [2.24, 2.45) is 0 Å². The molecule has 1 aromatic carbocycles. The number of carbonyl (C=O) groups is 1. The number of thioether (sulfide) groups is 1. The molecule has 2 aromatic heterocycles. The highest BCUT2D eigenvalue weighted by atomic mass is 32.2. The number of H-pyrrole nitrogens is 1. The minimum absolute atomic E-state index is 0.146. The monoisotopic (exact) mass is 336 g/mol. The van der Waals surface area contributed by atoms with Gasteiger partial charge in [-0.05, 0) is 24.3 Å². The number of nitriles is 1. The maximum absolute atomic E-state index is 12.0. The van der Waals surface area contributed by atoms with E-state index in [1.165, 1.54) is 11.8 Å². The first-order valence-electron chi connectivity index (χ1n) is 7.01. The molecule has 3 aromatic rings. The smallest absolute Gasteiger partial charge is 0.234 e. The summed E-state index contributed by atoms with van der Waals surface area (Å²) in [6, 6.07) is 12.5. The number of carbonyl (C=O) groups excluding carboxylic acids is 1. The van der Waals surface area contributed by atoms with E-state index in [4.69, 9.17) is 5.26 Å². The van der Waals surface area contributed by atoms with E-state index in [1.54, 1.807) is 36.7 Å². The number of benzene rings is 1. The standard InChI is InChI=1S/C16H12N6OS/c17-9-12-3-1-2-4-13(12)19-14(23)10-24-16-20-15(21-22-16)11-5-7-18-8-6-11/h1-8H,10H2,(H,19,23)(H,20,21,22). The molecule has 8 heteroatoms. The zero-order valence-corrected chi connectivity index (χ0v) is 13.2. The van der Waals surface area contributed by atoms with Crippen LogP contribution in [0.2, 0.25) is 0 Å². The largest absolute Gasteiger partial charge is 0.324 e. The summed E-state index contributed by atoms with van der Waals surface area (Å²) < 4.78 is 0. The van der Waals surface area contributed by atoms with Gasteiger partial charge >= 0.3 is 0 Å². The van der Waals surface area contributed by atoms with Gasteiger partial charge in [-0.1, -0.05) is 23.9 Å². The van der Waals surface area contributed by atoms with Gasteiger partial charge in [0.15, 0.2) is 5.82 Å². The van der Waals surface area contributed by atoms with Crippen LogP contribution in [0.25, 0.3) is 11.4 Å². The Morgan fingerprint density at radius 1 is 1.25 bits per heavy atom. The second-order valence-corrected chi connectivity index (χ2v) is 5.64. The van der Waals surface area contributed by atoms with Crippen LogP contribution in [0.1, 0.15) is 5.56 Å². The Morgan fingerprint density at radius 3 is 2.83 bits per heavy atom. The van der Waals surface area contributed by atoms with Crippen LogP contribution in [0.3, 0.4) is 0 Å². The van der Waals surface area contributed by atoms with E-state index in [9.17, 15) is 4.79 Å². The first-order valence-corrected chi connectivity index (χ1v) is 7.99. The van der Waals surface area contributed by atoms with Crippen molar-refractivity contribution in [2.45, 2.75) is 5.16 Å². The van der Waals surface area contributed by atoms with Gasteiger partial charge in [0.1, 0.15) is 6.07 Å². The van der Waals surface area contributed by atoms with Crippen molar-refractivity contribution in [3.8, 4) is 17.5 Å². The summed E-state index contributed by atoms with van der Waals surface area (Å²) in [5.41, 5.74) is 1.79. The number of aromatic nitrogens is 4. The molecule has 0 atom stereocenters. The number of amides is 1. The lowest BCUT2D eigenvalue weighted by Gasteiger charge is -2.05. The molecule has 0 spiro atoms. The van der Waals surface area contributed by atoms with Crippen LogP contribution in [0.4, 0.5) is 5.69 Å². The number of nitrogens with zero attached hydrogens (tertiary/aromatic N) is 4. The van der Waals surface area contributed by atoms with Gasteiger partial charge < -0.3 is 5.32 Å². The molecule has 24 heavy (non-hydrogen) atoms. The molecule has 0 aliphatic carbocycles. The van der Waals surface area contributed by atoms with E-state index in [0.717, 1.165) is 5.56 Å². The van der Waals surface area contributed by atoms with Gasteiger partial charge in [-0.25, -0.2) is 4.98 Å². The van der Waals surface area contributed by atoms with Gasteiger partial charge in [-0.3, -0.25) is 14.9 Å². The van der Waals surface area contributed by atoms with E-state index in [1.807, 2.05) is 18.2 Å². The molecule has 0 saturated heterocycles. The summed E-state index contributed by atoms with van der Waals surface area (Å²) in [5.74, 6) is 0.543. The van der Waals surface area contributed by atoms with Crippen LogP contribution >= 0.6 is 11.8 Å². The Balaban J connectivity index is 1.59. The Morgan fingerprint density at radius 2 is 2.04 bits per heavy atom. The van der Waals surface area contributed by atoms with Crippen LogP contribution in [0, 0.1) is 11.3 Å². The Kier molecular flexibility index (Phi) is 4.84. The molecule has 0 saturated carbocycles. The van der Waals surface area contributed by atoms with Gasteiger partial charge in [0.25, 0.3) is 0 Å². The molecular weight excluding hydrogens is 324 g/mol. The lowest BCUT2D eigenvalue weighted by Crippen LogP contribution is -2.15. The third kappa shape index (κ3) is 3.77. The van der Waals surface area contributed by atoms with Crippen molar-refractivity contribution in [1.29, 1.82) is 5.26 Å².